The lowest BCUT2D eigenvalue weighted by Gasteiger charge is -2.31. The Morgan fingerprint density at radius 3 is 2.21 bits per heavy atom. The Morgan fingerprint density at radius 2 is 1.58 bits per heavy atom. The van der Waals surface area contributed by atoms with Crippen LogP contribution in [-0.4, -0.2) is 5.11 Å². The molecule has 0 saturated carbocycles. The van der Waals surface area contributed by atoms with E-state index in [9.17, 15) is 13.9 Å². The molecule has 0 heterocycles. The zero-order chi connectivity index (χ0) is 14.0. The van der Waals surface area contributed by atoms with E-state index in [1.807, 2.05) is 30.3 Å². The minimum absolute atomic E-state index is 0.0196. The van der Waals surface area contributed by atoms with Crippen LogP contribution in [0.5, 0.6) is 0 Å². The monoisotopic (exact) mass is 262 g/mol. The molecule has 3 heteroatoms. The Kier molecular flexibility index (Phi) is 3.67. The van der Waals surface area contributed by atoms with Crippen LogP contribution in [0.15, 0.2) is 48.5 Å². The summed E-state index contributed by atoms with van der Waals surface area (Å²) in [7, 11) is 0. The van der Waals surface area contributed by atoms with Crippen molar-refractivity contribution in [3.63, 3.8) is 0 Å². The maximum absolute atomic E-state index is 13.8. The minimum Gasteiger partial charge on any atom is -0.387 e. The standard InChI is InChI=1S/C16H16F2O/c1-16(2,11-7-4-3-5-8-11)15(19)12-9-6-10-13(17)14(12)18/h3-10,15,19H,1-2H3. The highest BCUT2D eigenvalue weighted by molar-refractivity contribution is 5.31. The SMILES string of the molecule is CC(C)(c1ccccc1)C(O)c1cccc(F)c1F. The lowest BCUT2D eigenvalue weighted by molar-refractivity contribution is 0.0958. The van der Waals surface area contributed by atoms with Crippen molar-refractivity contribution < 1.29 is 13.9 Å². The minimum atomic E-state index is -1.12. The number of aliphatic hydroxyl groups excluding tert-OH is 1. The molecule has 0 amide bonds. The molecule has 0 aliphatic heterocycles. The molecule has 100 valence electrons. The molecule has 1 unspecified atom stereocenters. The Hall–Kier alpha value is -1.74. The van der Waals surface area contributed by atoms with Gasteiger partial charge in [-0.2, -0.15) is 0 Å². The molecule has 0 bridgehead atoms. The average molecular weight is 262 g/mol. The molecule has 1 atom stereocenters. The van der Waals surface area contributed by atoms with E-state index in [-0.39, 0.29) is 5.56 Å². The molecule has 0 aliphatic rings. The highest BCUT2D eigenvalue weighted by Gasteiger charge is 2.33. The first-order chi connectivity index (χ1) is 8.94. The van der Waals surface area contributed by atoms with E-state index in [1.165, 1.54) is 12.1 Å². The van der Waals surface area contributed by atoms with Gasteiger partial charge in [-0.15, -0.1) is 0 Å². The van der Waals surface area contributed by atoms with Gasteiger partial charge >= 0.3 is 0 Å². The van der Waals surface area contributed by atoms with E-state index in [0.29, 0.717) is 0 Å². The molecule has 0 spiro atoms. The van der Waals surface area contributed by atoms with Crippen molar-refractivity contribution >= 4 is 0 Å². The zero-order valence-corrected chi connectivity index (χ0v) is 10.9. The zero-order valence-electron chi connectivity index (χ0n) is 10.9. The number of halogens is 2. The Bertz CT molecular complexity index is 564. The Morgan fingerprint density at radius 1 is 0.947 bits per heavy atom. The molecule has 0 saturated heterocycles. The van der Waals surface area contributed by atoms with Crippen molar-refractivity contribution in [2.45, 2.75) is 25.4 Å². The summed E-state index contributed by atoms with van der Waals surface area (Å²) in [6.45, 7) is 3.61. The van der Waals surface area contributed by atoms with Gasteiger partial charge in [-0.1, -0.05) is 56.3 Å². The van der Waals surface area contributed by atoms with Crippen molar-refractivity contribution in [1.82, 2.24) is 0 Å². The summed E-state index contributed by atoms with van der Waals surface area (Å²) in [5.41, 5.74) is 0.135. The quantitative estimate of drug-likeness (QED) is 0.887. The largest absolute Gasteiger partial charge is 0.387 e. The van der Waals surface area contributed by atoms with Crippen molar-refractivity contribution in [3.8, 4) is 0 Å². The first kappa shape index (κ1) is 13.7. The highest BCUT2D eigenvalue weighted by atomic mass is 19.2. The molecular weight excluding hydrogens is 246 g/mol. The van der Waals surface area contributed by atoms with Crippen LogP contribution in [0.2, 0.25) is 0 Å². The molecule has 0 radical (unpaired) electrons. The molecule has 1 nitrogen and oxygen atoms in total. The molecule has 19 heavy (non-hydrogen) atoms. The molecule has 0 aliphatic carbocycles. The molecular formula is C16H16F2O. The van der Waals surface area contributed by atoms with Crippen LogP contribution in [0, 0.1) is 11.6 Å². The second-order valence-corrected chi connectivity index (χ2v) is 5.13. The summed E-state index contributed by atoms with van der Waals surface area (Å²) in [5.74, 6) is -1.93. The van der Waals surface area contributed by atoms with Gasteiger partial charge in [0.2, 0.25) is 0 Å². The van der Waals surface area contributed by atoms with Crippen molar-refractivity contribution in [1.29, 1.82) is 0 Å². The molecule has 1 N–H and O–H groups in total. The van der Waals surface area contributed by atoms with Gasteiger partial charge < -0.3 is 5.11 Å². The first-order valence-electron chi connectivity index (χ1n) is 6.12. The molecule has 0 aromatic heterocycles. The van der Waals surface area contributed by atoms with Crippen molar-refractivity contribution in [3.05, 3.63) is 71.3 Å². The maximum atomic E-state index is 13.8. The summed E-state index contributed by atoms with van der Waals surface area (Å²) in [6.07, 6.45) is -1.12. The predicted molar refractivity (Wildman–Crippen MR) is 70.8 cm³/mol. The van der Waals surface area contributed by atoms with E-state index in [2.05, 4.69) is 0 Å². The topological polar surface area (TPSA) is 20.2 Å². The van der Waals surface area contributed by atoms with Crippen molar-refractivity contribution in [2.24, 2.45) is 0 Å². The Balaban J connectivity index is 2.43. The van der Waals surface area contributed by atoms with Crippen LogP contribution in [0.4, 0.5) is 8.78 Å². The van der Waals surface area contributed by atoms with E-state index in [4.69, 9.17) is 0 Å². The Labute approximate surface area is 111 Å². The number of aliphatic hydroxyl groups is 1. The summed E-state index contributed by atoms with van der Waals surface area (Å²) in [6, 6.07) is 13.2. The third-order valence-electron chi connectivity index (χ3n) is 3.48. The molecule has 2 aromatic carbocycles. The predicted octanol–water partition coefficient (Wildman–Crippen LogP) is 3.98. The van der Waals surface area contributed by atoms with E-state index >= 15 is 0 Å². The maximum Gasteiger partial charge on any atom is 0.164 e. The van der Waals surface area contributed by atoms with Gasteiger partial charge in [0, 0.05) is 11.0 Å². The summed E-state index contributed by atoms with van der Waals surface area (Å²) in [4.78, 5) is 0. The van der Waals surface area contributed by atoms with Crippen LogP contribution >= 0.6 is 0 Å². The number of benzene rings is 2. The van der Waals surface area contributed by atoms with E-state index in [0.717, 1.165) is 11.6 Å². The van der Waals surface area contributed by atoms with Gasteiger partial charge in [-0.3, -0.25) is 0 Å². The fourth-order valence-electron chi connectivity index (χ4n) is 2.15. The van der Waals surface area contributed by atoms with Crippen LogP contribution in [-0.2, 0) is 5.41 Å². The highest BCUT2D eigenvalue weighted by Crippen LogP contribution is 2.37. The van der Waals surface area contributed by atoms with Gasteiger partial charge in [0.05, 0.1) is 6.10 Å². The van der Waals surface area contributed by atoms with Crippen LogP contribution in [0.3, 0.4) is 0 Å². The van der Waals surface area contributed by atoms with Gasteiger partial charge in [0.25, 0.3) is 0 Å². The summed E-state index contributed by atoms with van der Waals surface area (Å²) < 4.78 is 27.0. The summed E-state index contributed by atoms with van der Waals surface area (Å²) >= 11 is 0. The van der Waals surface area contributed by atoms with E-state index in [1.54, 1.807) is 13.8 Å². The fraction of sp³-hybridized carbons (Fsp3) is 0.250. The van der Waals surface area contributed by atoms with Gasteiger partial charge in [-0.25, -0.2) is 8.78 Å². The number of rotatable bonds is 3. The molecule has 2 aromatic rings. The normalized spacial score (nSPS) is 13.3. The molecule has 0 fully saturated rings. The average Bonchev–Trinajstić information content (AvgIpc) is 2.42. The number of hydrogen-bond acceptors (Lipinski definition) is 1. The lowest BCUT2D eigenvalue weighted by atomic mass is 9.76. The van der Waals surface area contributed by atoms with E-state index < -0.39 is 23.2 Å². The smallest absolute Gasteiger partial charge is 0.164 e. The van der Waals surface area contributed by atoms with Gasteiger partial charge in [0.1, 0.15) is 0 Å². The second-order valence-electron chi connectivity index (χ2n) is 5.13. The third-order valence-corrected chi connectivity index (χ3v) is 3.48. The first-order valence-corrected chi connectivity index (χ1v) is 6.12. The van der Waals surface area contributed by atoms with Crippen molar-refractivity contribution in [2.75, 3.05) is 0 Å². The summed E-state index contributed by atoms with van der Waals surface area (Å²) in [5, 5.41) is 10.4. The lowest BCUT2D eigenvalue weighted by Crippen LogP contribution is -2.27. The van der Waals surface area contributed by atoms with Gasteiger partial charge in [-0.05, 0) is 11.6 Å². The molecule has 2 rings (SSSR count). The van der Waals surface area contributed by atoms with Crippen LogP contribution < -0.4 is 0 Å². The third kappa shape index (κ3) is 2.51. The van der Waals surface area contributed by atoms with Gasteiger partial charge in [0.15, 0.2) is 11.6 Å². The second kappa shape index (κ2) is 5.10. The fourth-order valence-corrected chi connectivity index (χ4v) is 2.15. The number of hydrogen-bond donors (Lipinski definition) is 1. The van der Waals surface area contributed by atoms with Crippen LogP contribution in [0.1, 0.15) is 31.1 Å². The van der Waals surface area contributed by atoms with Crippen LogP contribution in [0.25, 0.3) is 0 Å².